The minimum atomic E-state index is 0.278. The molecule has 0 spiro atoms. The highest BCUT2D eigenvalue weighted by Gasteiger charge is 1.87. The second-order valence-electron chi connectivity index (χ2n) is 1.62. The summed E-state index contributed by atoms with van der Waals surface area (Å²) >= 11 is 0. The first-order valence-electron chi connectivity index (χ1n) is 2.38. The number of ether oxygens (including phenoxy) is 2. The molecule has 0 aromatic heterocycles. The van der Waals surface area contributed by atoms with Gasteiger partial charge in [-0.3, -0.25) is 0 Å². The van der Waals surface area contributed by atoms with Crippen LogP contribution >= 0.6 is 0 Å². The molecule has 0 atom stereocenters. The fourth-order valence-electron chi connectivity index (χ4n) is 0.204. The number of methoxy groups -OCH3 is 1. The molecule has 0 unspecified atom stereocenters. The molecular weight excluding hydrogens is 92.1 g/mol. The van der Waals surface area contributed by atoms with Crippen LogP contribution in [0.2, 0.25) is 0 Å². The van der Waals surface area contributed by atoms with Crippen LogP contribution in [0.5, 0.6) is 0 Å². The van der Waals surface area contributed by atoms with Gasteiger partial charge >= 0.3 is 0 Å². The zero-order valence-electron chi connectivity index (χ0n) is 5.10. The van der Waals surface area contributed by atoms with E-state index in [1.165, 1.54) is 0 Å². The van der Waals surface area contributed by atoms with E-state index in [1.807, 2.05) is 13.8 Å². The molecule has 2 heteroatoms. The van der Waals surface area contributed by atoms with Crippen LogP contribution in [-0.4, -0.2) is 20.0 Å². The fraction of sp³-hybridized carbons (Fsp3) is 1.00. The molecule has 0 aromatic rings. The maximum absolute atomic E-state index is 4.97. The highest BCUT2D eigenvalue weighted by atomic mass is 16.7. The summed E-state index contributed by atoms with van der Waals surface area (Å²) in [5.41, 5.74) is 0. The van der Waals surface area contributed by atoms with Crippen LogP contribution < -0.4 is 0 Å². The van der Waals surface area contributed by atoms with Gasteiger partial charge in [-0.25, -0.2) is 0 Å². The molecule has 0 N–H and O–H groups in total. The van der Waals surface area contributed by atoms with Crippen LogP contribution in [0, 0.1) is 0 Å². The highest BCUT2D eigenvalue weighted by molar-refractivity contribution is 4.29. The first kappa shape index (κ1) is 6.92. The lowest BCUT2D eigenvalue weighted by Crippen LogP contribution is -2.04. The molecule has 0 aliphatic carbocycles. The van der Waals surface area contributed by atoms with E-state index >= 15 is 0 Å². The predicted octanol–water partition coefficient (Wildman–Crippen LogP) is 1.02. The van der Waals surface area contributed by atoms with Crippen molar-refractivity contribution in [2.24, 2.45) is 0 Å². The molecule has 0 rings (SSSR count). The van der Waals surface area contributed by atoms with Crippen molar-refractivity contribution in [3.63, 3.8) is 0 Å². The van der Waals surface area contributed by atoms with Crippen LogP contribution in [0.15, 0.2) is 0 Å². The van der Waals surface area contributed by atoms with Gasteiger partial charge in [-0.05, 0) is 13.8 Å². The summed E-state index contributed by atoms with van der Waals surface area (Å²) in [7, 11) is 1.61. The Hall–Kier alpha value is -0.0800. The Bertz CT molecular complexity index is 35.1. The molecule has 0 fully saturated rings. The van der Waals surface area contributed by atoms with E-state index in [-0.39, 0.29) is 6.10 Å². The van der Waals surface area contributed by atoms with Gasteiger partial charge in [0.25, 0.3) is 0 Å². The third kappa shape index (κ3) is 5.92. The summed E-state index contributed by atoms with van der Waals surface area (Å²) in [6, 6.07) is 0. The van der Waals surface area contributed by atoms with E-state index in [4.69, 9.17) is 4.74 Å². The molecule has 0 bridgehead atoms. The standard InChI is InChI=1S/C5H12O2/c1-5(2)7-4-6-3/h5H,4H2,1-3H3. The first-order chi connectivity index (χ1) is 3.27. The molecule has 44 valence electrons. The van der Waals surface area contributed by atoms with Crippen molar-refractivity contribution in [3.8, 4) is 0 Å². The van der Waals surface area contributed by atoms with E-state index in [0.29, 0.717) is 6.79 Å². The molecule has 0 radical (unpaired) electrons. The average Bonchev–Trinajstić information content (AvgIpc) is 1.61. The molecule has 0 saturated heterocycles. The summed E-state index contributed by atoms with van der Waals surface area (Å²) in [5.74, 6) is 0. The monoisotopic (exact) mass is 104 g/mol. The number of rotatable bonds is 3. The first-order valence-corrected chi connectivity index (χ1v) is 2.38. The van der Waals surface area contributed by atoms with Crippen LogP contribution in [-0.2, 0) is 9.47 Å². The Morgan fingerprint density at radius 3 is 2.14 bits per heavy atom. The quantitative estimate of drug-likeness (QED) is 0.497. The Balaban J connectivity index is 2.68. The maximum Gasteiger partial charge on any atom is 0.146 e. The van der Waals surface area contributed by atoms with Gasteiger partial charge in [-0.15, -0.1) is 0 Å². The lowest BCUT2D eigenvalue weighted by atomic mass is 10.5. The Morgan fingerprint density at radius 1 is 1.43 bits per heavy atom. The fourth-order valence-corrected chi connectivity index (χ4v) is 0.204. The SMILES string of the molecule is COCOC(C)C. The number of hydrogen-bond donors (Lipinski definition) is 0. The normalized spacial score (nSPS) is 10.3. The van der Waals surface area contributed by atoms with E-state index in [1.54, 1.807) is 7.11 Å². The van der Waals surface area contributed by atoms with Gasteiger partial charge in [0.15, 0.2) is 0 Å². The Labute approximate surface area is 44.4 Å². The molecule has 0 saturated carbocycles. The minimum Gasteiger partial charge on any atom is -0.359 e. The average molecular weight is 104 g/mol. The van der Waals surface area contributed by atoms with Crippen molar-refractivity contribution < 1.29 is 9.47 Å². The van der Waals surface area contributed by atoms with E-state index in [9.17, 15) is 0 Å². The second kappa shape index (κ2) is 4.09. The smallest absolute Gasteiger partial charge is 0.146 e. The van der Waals surface area contributed by atoms with Gasteiger partial charge in [-0.2, -0.15) is 0 Å². The molecule has 0 aromatic carbocycles. The molecule has 7 heavy (non-hydrogen) atoms. The van der Waals surface area contributed by atoms with Gasteiger partial charge in [0.05, 0.1) is 6.10 Å². The van der Waals surface area contributed by atoms with E-state index in [2.05, 4.69) is 4.74 Å². The van der Waals surface area contributed by atoms with Crippen molar-refractivity contribution in [2.75, 3.05) is 13.9 Å². The summed E-state index contributed by atoms with van der Waals surface area (Å²) < 4.78 is 9.60. The van der Waals surface area contributed by atoms with Crippen LogP contribution in [0.1, 0.15) is 13.8 Å². The number of hydrogen-bond acceptors (Lipinski definition) is 2. The third-order valence-corrected chi connectivity index (χ3v) is 0.519. The van der Waals surface area contributed by atoms with Crippen molar-refractivity contribution >= 4 is 0 Å². The highest BCUT2D eigenvalue weighted by Crippen LogP contribution is 1.84. The molecule has 0 amide bonds. The topological polar surface area (TPSA) is 18.5 Å². The van der Waals surface area contributed by atoms with E-state index < -0.39 is 0 Å². The predicted molar refractivity (Wildman–Crippen MR) is 28.1 cm³/mol. The molecule has 2 nitrogen and oxygen atoms in total. The zero-order chi connectivity index (χ0) is 5.70. The minimum absolute atomic E-state index is 0.278. The summed E-state index contributed by atoms with van der Waals surface area (Å²) in [4.78, 5) is 0. The van der Waals surface area contributed by atoms with Crippen molar-refractivity contribution in [1.82, 2.24) is 0 Å². The van der Waals surface area contributed by atoms with Gasteiger partial charge in [0.2, 0.25) is 0 Å². The van der Waals surface area contributed by atoms with Crippen molar-refractivity contribution in [1.29, 1.82) is 0 Å². The van der Waals surface area contributed by atoms with Crippen LogP contribution in [0.3, 0.4) is 0 Å². The van der Waals surface area contributed by atoms with Gasteiger partial charge < -0.3 is 9.47 Å². The van der Waals surface area contributed by atoms with Crippen molar-refractivity contribution in [3.05, 3.63) is 0 Å². The molecule has 0 aliphatic heterocycles. The van der Waals surface area contributed by atoms with Crippen LogP contribution in [0.25, 0.3) is 0 Å². The third-order valence-electron chi connectivity index (χ3n) is 0.519. The Morgan fingerprint density at radius 2 is 2.00 bits per heavy atom. The summed E-state index contributed by atoms with van der Waals surface area (Å²) in [5, 5.41) is 0. The van der Waals surface area contributed by atoms with Gasteiger partial charge in [0, 0.05) is 7.11 Å². The van der Waals surface area contributed by atoms with Gasteiger partial charge in [-0.1, -0.05) is 0 Å². The van der Waals surface area contributed by atoms with Gasteiger partial charge in [0.1, 0.15) is 6.79 Å². The largest absolute Gasteiger partial charge is 0.359 e. The Kier molecular flexibility index (Phi) is 4.04. The molecular formula is C5H12O2. The second-order valence-corrected chi connectivity index (χ2v) is 1.62. The summed E-state index contributed by atoms with van der Waals surface area (Å²) in [6.45, 7) is 4.34. The zero-order valence-corrected chi connectivity index (χ0v) is 5.10. The van der Waals surface area contributed by atoms with E-state index in [0.717, 1.165) is 0 Å². The van der Waals surface area contributed by atoms with Crippen molar-refractivity contribution in [2.45, 2.75) is 20.0 Å². The maximum atomic E-state index is 4.97. The molecule has 0 aliphatic rings. The lowest BCUT2D eigenvalue weighted by Gasteiger charge is -2.03. The van der Waals surface area contributed by atoms with Crippen LogP contribution in [0.4, 0.5) is 0 Å². The lowest BCUT2D eigenvalue weighted by molar-refractivity contribution is -0.0587. The molecule has 0 heterocycles. The summed E-state index contributed by atoms with van der Waals surface area (Å²) in [6.07, 6.45) is 0.278.